The van der Waals surface area contributed by atoms with Crippen LogP contribution in [-0.2, 0) is 33.6 Å². The highest BCUT2D eigenvalue weighted by Gasteiger charge is 2.28. The molecule has 15 heteroatoms. The number of carboxylic acid groups (broad SMARTS) is 2. The van der Waals surface area contributed by atoms with Crippen LogP contribution >= 0.6 is 0 Å². The van der Waals surface area contributed by atoms with Crippen molar-refractivity contribution in [2.45, 2.75) is 70.6 Å². The van der Waals surface area contributed by atoms with Gasteiger partial charge in [0.15, 0.2) is 0 Å². The molecule has 0 rings (SSSR count). The normalized spacial score (nSPS) is 14.1. The number of rotatable bonds is 16. The molecular formula is C20H34N6O9. The van der Waals surface area contributed by atoms with Crippen LogP contribution in [0.15, 0.2) is 0 Å². The Hall–Kier alpha value is -3.75. The van der Waals surface area contributed by atoms with Crippen LogP contribution in [0.3, 0.4) is 0 Å². The Kier molecular flexibility index (Phi) is 13.6. The van der Waals surface area contributed by atoms with E-state index in [0.29, 0.717) is 0 Å². The summed E-state index contributed by atoms with van der Waals surface area (Å²) in [6, 6.07) is -5.07. The van der Waals surface area contributed by atoms with E-state index in [1.807, 2.05) is 0 Å². The van der Waals surface area contributed by atoms with E-state index in [0.717, 1.165) is 0 Å². The number of aliphatic carboxylic acids is 2. The summed E-state index contributed by atoms with van der Waals surface area (Å²) in [5.41, 5.74) is 10.6. The van der Waals surface area contributed by atoms with Gasteiger partial charge in [-0.1, -0.05) is 13.8 Å². The van der Waals surface area contributed by atoms with Gasteiger partial charge in [0.25, 0.3) is 0 Å². The average molecular weight is 503 g/mol. The van der Waals surface area contributed by atoms with Crippen LogP contribution < -0.4 is 32.7 Å². The molecule has 0 saturated carbocycles. The summed E-state index contributed by atoms with van der Waals surface area (Å²) in [6.07, 6.45) is -0.947. The van der Waals surface area contributed by atoms with E-state index >= 15 is 0 Å². The van der Waals surface area contributed by atoms with Crippen molar-refractivity contribution in [1.29, 1.82) is 0 Å². The second-order valence-electron chi connectivity index (χ2n) is 8.31. The lowest BCUT2D eigenvalue weighted by Crippen LogP contribution is -2.55. The van der Waals surface area contributed by atoms with Gasteiger partial charge in [-0.2, -0.15) is 0 Å². The molecule has 4 atom stereocenters. The van der Waals surface area contributed by atoms with Crippen molar-refractivity contribution >= 4 is 41.5 Å². The van der Waals surface area contributed by atoms with Crippen molar-refractivity contribution < 1.29 is 43.8 Å². The van der Waals surface area contributed by atoms with Crippen molar-refractivity contribution in [2.24, 2.45) is 17.4 Å². The first-order valence-corrected chi connectivity index (χ1v) is 10.8. The molecule has 15 nitrogen and oxygen atoms in total. The van der Waals surface area contributed by atoms with E-state index in [1.165, 1.54) is 6.92 Å². The van der Waals surface area contributed by atoms with Crippen molar-refractivity contribution in [3.63, 3.8) is 0 Å². The molecule has 0 bridgehead atoms. The average Bonchev–Trinajstić information content (AvgIpc) is 2.73. The van der Waals surface area contributed by atoms with Crippen LogP contribution in [0, 0.1) is 5.92 Å². The minimum atomic E-state index is -1.57. The third kappa shape index (κ3) is 13.5. The van der Waals surface area contributed by atoms with Crippen LogP contribution in [0.4, 0.5) is 0 Å². The van der Waals surface area contributed by atoms with Gasteiger partial charge in [-0.25, -0.2) is 0 Å². The molecule has 0 aromatic carbocycles. The van der Waals surface area contributed by atoms with E-state index in [4.69, 9.17) is 21.7 Å². The quantitative estimate of drug-likeness (QED) is 0.105. The number of carbonyl (C=O) groups excluding carboxylic acids is 5. The standard InChI is InChI=1S/C20H34N6O9/c1-9(2)6-12(19(33)24-10(3)20(34)35)25-15(28)8-23-18(32)13(7-16(29)30)26-17(31)11(21)4-5-14(22)27/h9-13H,4-8,21H2,1-3H3,(H2,22,27)(H,23,32)(H,24,33)(H,25,28)(H,26,31)(H,29,30)(H,34,35)/t10-,11-,12-,13-/m0/s1. The zero-order chi connectivity index (χ0) is 27.3. The van der Waals surface area contributed by atoms with Gasteiger partial charge >= 0.3 is 11.9 Å². The molecule has 0 fully saturated rings. The number of nitrogens with two attached hydrogens (primary N) is 2. The van der Waals surface area contributed by atoms with Crippen molar-refractivity contribution in [3.05, 3.63) is 0 Å². The van der Waals surface area contributed by atoms with Crippen molar-refractivity contribution in [3.8, 4) is 0 Å². The number of hydrogen-bond acceptors (Lipinski definition) is 8. The highest BCUT2D eigenvalue weighted by Crippen LogP contribution is 2.05. The van der Waals surface area contributed by atoms with Gasteiger partial charge in [0, 0.05) is 6.42 Å². The molecule has 0 saturated heterocycles. The predicted octanol–water partition coefficient (Wildman–Crippen LogP) is -3.22. The highest BCUT2D eigenvalue weighted by atomic mass is 16.4. The zero-order valence-electron chi connectivity index (χ0n) is 19.8. The first kappa shape index (κ1) is 31.2. The molecule has 5 amide bonds. The highest BCUT2D eigenvalue weighted by molar-refractivity contribution is 5.95. The Balaban J connectivity index is 5.08. The predicted molar refractivity (Wildman–Crippen MR) is 120 cm³/mol. The lowest BCUT2D eigenvalue weighted by molar-refractivity contribution is -0.141. The molecule has 0 radical (unpaired) electrons. The largest absolute Gasteiger partial charge is 0.481 e. The van der Waals surface area contributed by atoms with E-state index in [-0.39, 0.29) is 25.2 Å². The van der Waals surface area contributed by atoms with Crippen LogP contribution in [0.25, 0.3) is 0 Å². The number of carboxylic acids is 2. The Labute approximate surface area is 201 Å². The molecule has 0 aliphatic heterocycles. The third-order valence-corrected chi connectivity index (χ3v) is 4.56. The summed E-state index contributed by atoms with van der Waals surface area (Å²) in [5, 5.41) is 26.9. The van der Waals surface area contributed by atoms with Gasteiger partial charge in [0.05, 0.1) is 19.0 Å². The number of amides is 5. The lowest BCUT2D eigenvalue weighted by atomic mass is 10.0. The Morgan fingerprint density at radius 1 is 0.829 bits per heavy atom. The fraction of sp³-hybridized carbons (Fsp3) is 0.650. The van der Waals surface area contributed by atoms with Gasteiger partial charge in [-0.15, -0.1) is 0 Å². The zero-order valence-corrected chi connectivity index (χ0v) is 19.8. The fourth-order valence-corrected chi connectivity index (χ4v) is 2.71. The van der Waals surface area contributed by atoms with E-state index in [9.17, 15) is 33.6 Å². The van der Waals surface area contributed by atoms with Crippen molar-refractivity contribution in [2.75, 3.05) is 6.54 Å². The van der Waals surface area contributed by atoms with Crippen LogP contribution in [-0.4, -0.2) is 82.4 Å². The fourth-order valence-electron chi connectivity index (χ4n) is 2.71. The smallest absolute Gasteiger partial charge is 0.325 e. The maximum Gasteiger partial charge on any atom is 0.325 e. The van der Waals surface area contributed by atoms with E-state index < -0.39 is 78.6 Å². The molecule has 0 unspecified atom stereocenters. The molecule has 35 heavy (non-hydrogen) atoms. The second-order valence-corrected chi connectivity index (χ2v) is 8.31. The Morgan fingerprint density at radius 2 is 1.43 bits per heavy atom. The SMILES string of the molecule is CC(C)C[C@H](NC(=O)CNC(=O)[C@H](CC(=O)O)NC(=O)[C@@H](N)CCC(N)=O)C(=O)N[C@@H](C)C(=O)O. The topological polar surface area (TPSA) is 260 Å². The first-order chi connectivity index (χ1) is 16.1. The summed E-state index contributed by atoms with van der Waals surface area (Å²) in [4.78, 5) is 82.0. The van der Waals surface area contributed by atoms with E-state index in [1.54, 1.807) is 13.8 Å². The monoisotopic (exact) mass is 502 g/mol. The third-order valence-electron chi connectivity index (χ3n) is 4.56. The molecule has 198 valence electrons. The lowest BCUT2D eigenvalue weighted by Gasteiger charge is -2.22. The molecule has 0 aromatic rings. The summed E-state index contributed by atoms with van der Waals surface area (Å²) in [6.45, 7) is 4.16. The molecule has 0 aromatic heterocycles. The minimum Gasteiger partial charge on any atom is -0.481 e. The minimum absolute atomic E-state index is 0.0466. The van der Waals surface area contributed by atoms with Crippen LogP contribution in [0.2, 0.25) is 0 Å². The molecule has 0 heterocycles. The summed E-state index contributed by atoms with van der Waals surface area (Å²) in [5.74, 6) is -6.84. The van der Waals surface area contributed by atoms with E-state index in [2.05, 4.69) is 21.3 Å². The second kappa shape index (κ2) is 15.2. The summed E-state index contributed by atoms with van der Waals surface area (Å²) in [7, 11) is 0. The Morgan fingerprint density at radius 3 is 1.91 bits per heavy atom. The van der Waals surface area contributed by atoms with Gasteiger partial charge < -0.3 is 42.9 Å². The van der Waals surface area contributed by atoms with Gasteiger partial charge in [-0.05, 0) is 25.7 Å². The van der Waals surface area contributed by atoms with Crippen LogP contribution in [0.5, 0.6) is 0 Å². The Bertz CT molecular complexity index is 817. The first-order valence-electron chi connectivity index (χ1n) is 10.8. The molecular weight excluding hydrogens is 468 g/mol. The van der Waals surface area contributed by atoms with Gasteiger partial charge in [0.1, 0.15) is 18.1 Å². The molecule has 0 spiro atoms. The van der Waals surface area contributed by atoms with Gasteiger partial charge in [0.2, 0.25) is 29.5 Å². The number of nitrogens with one attached hydrogen (secondary N) is 4. The molecule has 0 aliphatic carbocycles. The molecule has 10 N–H and O–H groups in total. The molecule has 0 aliphatic rings. The summed E-state index contributed by atoms with van der Waals surface area (Å²) < 4.78 is 0. The maximum absolute atomic E-state index is 12.4. The number of primary amides is 1. The number of carbonyl (C=O) groups is 7. The number of hydrogen-bond donors (Lipinski definition) is 8. The summed E-state index contributed by atoms with van der Waals surface area (Å²) >= 11 is 0. The van der Waals surface area contributed by atoms with Gasteiger partial charge in [-0.3, -0.25) is 33.6 Å². The van der Waals surface area contributed by atoms with Crippen molar-refractivity contribution in [1.82, 2.24) is 21.3 Å². The van der Waals surface area contributed by atoms with Crippen LogP contribution in [0.1, 0.15) is 46.5 Å². The maximum atomic E-state index is 12.4.